The monoisotopic (exact) mass is 236 g/mol. The van der Waals surface area contributed by atoms with Crippen molar-refractivity contribution in [3.63, 3.8) is 0 Å². The minimum absolute atomic E-state index is 0.0988. The largest absolute Gasteiger partial charge is 0.339 e. The van der Waals surface area contributed by atoms with Crippen LogP contribution in [-0.2, 0) is 4.79 Å². The quantitative estimate of drug-likeness (QED) is 0.648. The third kappa shape index (κ3) is 2.54. The number of likely N-dealkylation sites (tertiary alicyclic amines) is 2. The molecule has 1 amide bonds. The van der Waals surface area contributed by atoms with E-state index in [0.29, 0.717) is 11.8 Å². The van der Waals surface area contributed by atoms with Crippen LogP contribution in [0.1, 0.15) is 27.2 Å². The van der Waals surface area contributed by atoms with Crippen molar-refractivity contribution in [3.8, 4) is 0 Å². The maximum Gasteiger partial charge on any atom is 0.245 e. The summed E-state index contributed by atoms with van der Waals surface area (Å²) in [5, 5.41) is 0. The Bertz CT molecular complexity index is 319. The molecule has 0 spiro atoms. The average molecular weight is 236 g/mol. The highest BCUT2D eigenvalue weighted by atomic mass is 16.2. The number of carbonyl (C=O) groups is 1. The van der Waals surface area contributed by atoms with Crippen LogP contribution in [0.2, 0.25) is 0 Å². The van der Waals surface area contributed by atoms with Gasteiger partial charge in [0.15, 0.2) is 0 Å². The molecule has 0 aliphatic carbocycles. The van der Waals surface area contributed by atoms with Gasteiger partial charge in [-0.3, -0.25) is 9.69 Å². The third-order valence-electron chi connectivity index (χ3n) is 4.24. The molecule has 2 unspecified atom stereocenters. The van der Waals surface area contributed by atoms with E-state index in [1.807, 2.05) is 4.90 Å². The maximum atomic E-state index is 11.6. The second-order valence-corrected chi connectivity index (χ2v) is 6.37. The summed E-state index contributed by atoms with van der Waals surface area (Å²) < 4.78 is 0. The first kappa shape index (κ1) is 12.6. The van der Waals surface area contributed by atoms with E-state index in [1.54, 1.807) is 0 Å². The van der Waals surface area contributed by atoms with Crippen LogP contribution in [0.15, 0.2) is 12.7 Å². The molecule has 2 aliphatic rings. The Morgan fingerprint density at radius 3 is 2.47 bits per heavy atom. The van der Waals surface area contributed by atoms with E-state index in [0.717, 1.165) is 19.6 Å². The van der Waals surface area contributed by atoms with Gasteiger partial charge in [0.25, 0.3) is 0 Å². The van der Waals surface area contributed by atoms with Gasteiger partial charge in [0, 0.05) is 25.2 Å². The van der Waals surface area contributed by atoms with Crippen LogP contribution in [0.25, 0.3) is 0 Å². The van der Waals surface area contributed by atoms with Crippen LogP contribution in [0, 0.1) is 11.8 Å². The summed E-state index contributed by atoms with van der Waals surface area (Å²) in [6, 6.07) is 0. The number of fused-ring (bicyclic) bond motifs is 1. The number of nitrogens with zero attached hydrogens (tertiary/aromatic N) is 2. The van der Waals surface area contributed by atoms with Crippen LogP contribution >= 0.6 is 0 Å². The van der Waals surface area contributed by atoms with Gasteiger partial charge in [0.05, 0.1) is 0 Å². The van der Waals surface area contributed by atoms with Gasteiger partial charge in [-0.1, -0.05) is 6.58 Å². The van der Waals surface area contributed by atoms with Crippen molar-refractivity contribution in [2.45, 2.75) is 32.7 Å². The Labute approximate surface area is 104 Å². The van der Waals surface area contributed by atoms with E-state index in [1.165, 1.54) is 19.0 Å². The lowest BCUT2D eigenvalue weighted by molar-refractivity contribution is -0.125. The summed E-state index contributed by atoms with van der Waals surface area (Å²) in [6.07, 6.45) is 2.67. The minimum Gasteiger partial charge on any atom is -0.339 e. The summed E-state index contributed by atoms with van der Waals surface area (Å²) in [7, 11) is 0. The summed E-state index contributed by atoms with van der Waals surface area (Å²) in [5.41, 5.74) is 0.251. The molecule has 2 heterocycles. The van der Waals surface area contributed by atoms with E-state index in [2.05, 4.69) is 32.3 Å². The van der Waals surface area contributed by atoms with Gasteiger partial charge in [0.1, 0.15) is 0 Å². The number of amides is 1. The van der Waals surface area contributed by atoms with Crippen molar-refractivity contribution in [3.05, 3.63) is 12.7 Å². The van der Waals surface area contributed by atoms with Crippen LogP contribution in [0.3, 0.4) is 0 Å². The molecule has 2 atom stereocenters. The van der Waals surface area contributed by atoms with Gasteiger partial charge in [-0.25, -0.2) is 0 Å². The van der Waals surface area contributed by atoms with Gasteiger partial charge >= 0.3 is 0 Å². The van der Waals surface area contributed by atoms with Crippen molar-refractivity contribution >= 4 is 5.91 Å². The highest BCUT2D eigenvalue weighted by Gasteiger charge is 2.40. The molecule has 0 bridgehead atoms. The van der Waals surface area contributed by atoms with Gasteiger partial charge < -0.3 is 4.90 Å². The zero-order chi connectivity index (χ0) is 12.6. The van der Waals surface area contributed by atoms with E-state index in [-0.39, 0.29) is 11.4 Å². The zero-order valence-corrected chi connectivity index (χ0v) is 11.3. The van der Waals surface area contributed by atoms with Crippen LogP contribution < -0.4 is 0 Å². The van der Waals surface area contributed by atoms with Crippen molar-refractivity contribution in [2.24, 2.45) is 11.8 Å². The molecule has 2 rings (SSSR count). The molecule has 96 valence electrons. The number of rotatable bonds is 1. The van der Waals surface area contributed by atoms with Gasteiger partial charge in [-0.2, -0.15) is 0 Å². The highest BCUT2D eigenvalue weighted by molar-refractivity contribution is 5.87. The Balaban J connectivity index is 1.99. The SMILES string of the molecule is C=CC(=O)N1CC2CCN(C(C)(C)C)CC2C1. The van der Waals surface area contributed by atoms with E-state index in [9.17, 15) is 4.79 Å². The topological polar surface area (TPSA) is 23.6 Å². The molecule has 2 aliphatic heterocycles. The van der Waals surface area contributed by atoms with Crippen LogP contribution in [0.5, 0.6) is 0 Å². The lowest BCUT2D eigenvalue weighted by atomic mass is 9.86. The predicted octanol–water partition coefficient (Wildman–Crippen LogP) is 1.75. The van der Waals surface area contributed by atoms with Gasteiger partial charge in [-0.15, -0.1) is 0 Å². The van der Waals surface area contributed by atoms with Crippen molar-refractivity contribution < 1.29 is 4.79 Å². The summed E-state index contributed by atoms with van der Waals surface area (Å²) in [4.78, 5) is 16.1. The molecule has 0 aromatic carbocycles. The van der Waals surface area contributed by atoms with Crippen LogP contribution in [-0.4, -0.2) is 47.4 Å². The Hall–Kier alpha value is -0.830. The fourth-order valence-corrected chi connectivity index (χ4v) is 3.09. The molecule has 3 heteroatoms. The second-order valence-electron chi connectivity index (χ2n) is 6.37. The molecule has 3 nitrogen and oxygen atoms in total. The van der Waals surface area contributed by atoms with E-state index < -0.39 is 0 Å². The summed E-state index contributed by atoms with van der Waals surface area (Å²) in [6.45, 7) is 14.6. The van der Waals surface area contributed by atoms with Crippen molar-refractivity contribution in [1.29, 1.82) is 0 Å². The maximum absolute atomic E-state index is 11.6. The minimum atomic E-state index is 0.0988. The third-order valence-corrected chi connectivity index (χ3v) is 4.24. The molecule has 0 saturated carbocycles. The van der Waals surface area contributed by atoms with Crippen molar-refractivity contribution in [2.75, 3.05) is 26.2 Å². The smallest absolute Gasteiger partial charge is 0.245 e. The molecular formula is C14H24N2O. The Kier molecular flexibility index (Phi) is 3.30. The molecular weight excluding hydrogens is 212 g/mol. The fourth-order valence-electron chi connectivity index (χ4n) is 3.09. The molecule has 2 saturated heterocycles. The highest BCUT2D eigenvalue weighted by Crippen LogP contribution is 2.33. The number of carbonyl (C=O) groups excluding carboxylic acids is 1. The summed E-state index contributed by atoms with van der Waals surface area (Å²) >= 11 is 0. The number of hydrogen-bond acceptors (Lipinski definition) is 2. The van der Waals surface area contributed by atoms with Gasteiger partial charge in [0.2, 0.25) is 5.91 Å². The predicted molar refractivity (Wildman–Crippen MR) is 69.7 cm³/mol. The average Bonchev–Trinajstić information content (AvgIpc) is 2.69. The first-order chi connectivity index (χ1) is 7.91. The number of hydrogen-bond donors (Lipinski definition) is 0. The lowest BCUT2D eigenvalue weighted by Gasteiger charge is -2.42. The molecule has 17 heavy (non-hydrogen) atoms. The van der Waals surface area contributed by atoms with E-state index >= 15 is 0 Å². The van der Waals surface area contributed by atoms with Crippen LogP contribution in [0.4, 0.5) is 0 Å². The molecule has 0 aromatic heterocycles. The number of piperidine rings is 1. The first-order valence-electron chi connectivity index (χ1n) is 6.58. The molecule has 0 N–H and O–H groups in total. The molecule has 0 radical (unpaired) electrons. The van der Waals surface area contributed by atoms with Crippen molar-refractivity contribution in [1.82, 2.24) is 9.80 Å². The second kappa shape index (κ2) is 4.45. The summed E-state index contributed by atoms with van der Waals surface area (Å²) in [5.74, 6) is 1.46. The standard InChI is InChI=1S/C14H24N2O/c1-5-13(17)15-8-11-6-7-16(14(2,3)4)10-12(11)9-15/h5,11-12H,1,6-10H2,2-4H3. The molecule has 2 fully saturated rings. The van der Waals surface area contributed by atoms with E-state index in [4.69, 9.17) is 0 Å². The Morgan fingerprint density at radius 1 is 1.24 bits per heavy atom. The van der Waals surface area contributed by atoms with Gasteiger partial charge in [-0.05, 0) is 51.6 Å². The first-order valence-corrected chi connectivity index (χ1v) is 6.58. The normalized spacial score (nSPS) is 30.2. The Morgan fingerprint density at radius 2 is 1.88 bits per heavy atom. The fraction of sp³-hybridized carbons (Fsp3) is 0.786. The lowest BCUT2D eigenvalue weighted by Crippen LogP contribution is -2.49. The zero-order valence-electron chi connectivity index (χ0n) is 11.3. The molecule has 0 aromatic rings.